The molecule has 0 fully saturated rings. The number of rotatable bonds is 8. The molecule has 0 aliphatic heterocycles. The molecule has 0 bridgehead atoms. The predicted octanol–water partition coefficient (Wildman–Crippen LogP) is 1.24. The van der Waals surface area contributed by atoms with Gasteiger partial charge in [-0.1, -0.05) is 48.2 Å². The average molecular weight is 382 g/mol. The van der Waals surface area contributed by atoms with Gasteiger partial charge in [0.1, 0.15) is 0 Å². The molecule has 10 heteroatoms. The highest BCUT2D eigenvalue weighted by molar-refractivity contribution is 7.99. The molecular weight excluding hydrogens is 364 g/mol. The van der Waals surface area contributed by atoms with E-state index < -0.39 is 0 Å². The van der Waals surface area contributed by atoms with Crippen molar-refractivity contribution in [3.05, 3.63) is 66.0 Å². The van der Waals surface area contributed by atoms with Crippen LogP contribution in [0.1, 0.15) is 11.1 Å². The summed E-state index contributed by atoms with van der Waals surface area (Å²) >= 11 is 1.19. The fraction of sp³-hybridized carbons (Fsp3) is 0.118. The molecule has 0 aliphatic rings. The van der Waals surface area contributed by atoms with E-state index in [0.717, 1.165) is 11.1 Å². The van der Waals surface area contributed by atoms with E-state index in [1.54, 1.807) is 18.6 Å². The third-order valence-corrected chi connectivity index (χ3v) is 4.34. The van der Waals surface area contributed by atoms with Crippen LogP contribution >= 0.6 is 11.8 Å². The molecular formula is C17H18N8OS. The van der Waals surface area contributed by atoms with E-state index in [1.807, 2.05) is 42.5 Å². The molecule has 0 atom stereocenters. The monoisotopic (exact) mass is 382 g/mol. The number of hydrazone groups is 1. The number of aromatic nitrogens is 4. The Bertz CT molecular complexity index is 898. The van der Waals surface area contributed by atoms with Gasteiger partial charge in [-0.2, -0.15) is 5.10 Å². The highest BCUT2D eigenvalue weighted by Crippen LogP contribution is 2.16. The van der Waals surface area contributed by atoms with E-state index in [1.165, 1.54) is 16.4 Å². The van der Waals surface area contributed by atoms with Gasteiger partial charge in [0.2, 0.25) is 11.1 Å². The minimum atomic E-state index is -0.115. The third-order valence-electron chi connectivity index (χ3n) is 3.39. The summed E-state index contributed by atoms with van der Waals surface area (Å²) in [4.78, 5) is 16.0. The fourth-order valence-corrected chi connectivity index (χ4v) is 2.73. The summed E-state index contributed by atoms with van der Waals surface area (Å²) in [6.07, 6.45) is 4.94. The highest BCUT2D eigenvalue weighted by Gasteiger charge is 2.11. The highest BCUT2D eigenvalue weighted by atomic mass is 32.2. The molecule has 27 heavy (non-hydrogen) atoms. The fourth-order valence-electron chi connectivity index (χ4n) is 2.05. The van der Waals surface area contributed by atoms with Gasteiger partial charge in [0.05, 0.1) is 12.0 Å². The minimum Gasteiger partial charge on any atom is -0.351 e. The molecule has 0 saturated carbocycles. The number of anilines is 1. The lowest BCUT2D eigenvalue weighted by Crippen LogP contribution is -2.25. The Morgan fingerprint density at radius 1 is 1.22 bits per heavy atom. The molecule has 138 valence electrons. The van der Waals surface area contributed by atoms with Crippen molar-refractivity contribution in [2.75, 3.05) is 17.0 Å². The van der Waals surface area contributed by atoms with Gasteiger partial charge < -0.3 is 11.2 Å². The lowest BCUT2D eigenvalue weighted by molar-refractivity contribution is -0.118. The molecule has 2 aromatic heterocycles. The minimum absolute atomic E-state index is 0.115. The average Bonchev–Trinajstić information content (AvgIpc) is 3.06. The molecule has 0 saturated heterocycles. The number of nitrogen functional groups attached to an aromatic ring is 1. The zero-order chi connectivity index (χ0) is 18.9. The molecule has 9 nitrogen and oxygen atoms in total. The SMILES string of the molecule is Nn1c(N/N=C/c2cccnc2)nnc1SCC(=O)NCc1ccccc1. The summed E-state index contributed by atoms with van der Waals surface area (Å²) in [7, 11) is 0. The van der Waals surface area contributed by atoms with Gasteiger partial charge in [-0.05, 0) is 11.6 Å². The number of nitrogens with two attached hydrogens (primary N) is 1. The molecule has 0 radical (unpaired) electrons. The smallest absolute Gasteiger partial charge is 0.264 e. The second-order valence-corrected chi connectivity index (χ2v) is 6.33. The first-order valence-corrected chi connectivity index (χ1v) is 9.04. The summed E-state index contributed by atoms with van der Waals surface area (Å²) < 4.78 is 1.25. The first-order valence-electron chi connectivity index (χ1n) is 8.05. The van der Waals surface area contributed by atoms with Gasteiger partial charge in [-0.25, -0.2) is 10.1 Å². The van der Waals surface area contributed by atoms with Crippen LogP contribution in [0, 0.1) is 0 Å². The maximum atomic E-state index is 12.0. The van der Waals surface area contributed by atoms with Crippen LogP contribution in [-0.2, 0) is 11.3 Å². The van der Waals surface area contributed by atoms with E-state index in [0.29, 0.717) is 11.7 Å². The van der Waals surface area contributed by atoms with Crippen LogP contribution in [0.5, 0.6) is 0 Å². The van der Waals surface area contributed by atoms with Crippen LogP contribution in [0.15, 0.2) is 65.1 Å². The molecule has 3 rings (SSSR count). The molecule has 1 aromatic carbocycles. The number of benzene rings is 1. The van der Waals surface area contributed by atoms with Gasteiger partial charge >= 0.3 is 0 Å². The molecule has 1 amide bonds. The maximum Gasteiger partial charge on any atom is 0.264 e. The van der Waals surface area contributed by atoms with Crippen molar-refractivity contribution in [2.24, 2.45) is 5.10 Å². The van der Waals surface area contributed by atoms with Gasteiger partial charge in [0.25, 0.3) is 5.95 Å². The van der Waals surface area contributed by atoms with Crippen LogP contribution in [0.3, 0.4) is 0 Å². The first-order chi connectivity index (χ1) is 13.2. The number of carbonyl (C=O) groups is 1. The normalized spacial score (nSPS) is 10.8. The Balaban J connectivity index is 1.47. The molecule has 2 heterocycles. The first kappa shape index (κ1) is 18.4. The molecule has 3 aromatic rings. The molecule has 0 unspecified atom stereocenters. The van der Waals surface area contributed by atoms with Crippen LogP contribution in [0.25, 0.3) is 0 Å². The van der Waals surface area contributed by atoms with Crippen molar-refractivity contribution >= 4 is 29.8 Å². The number of pyridine rings is 1. The van der Waals surface area contributed by atoms with E-state index in [9.17, 15) is 4.79 Å². The van der Waals surface area contributed by atoms with Crippen molar-refractivity contribution < 1.29 is 4.79 Å². The lowest BCUT2D eigenvalue weighted by atomic mass is 10.2. The summed E-state index contributed by atoms with van der Waals surface area (Å²) in [5, 5.41) is 15.2. The van der Waals surface area contributed by atoms with E-state index >= 15 is 0 Å². The number of nitrogens with one attached hydrogen (secondary N) is 2. The van der Waals surface area contributed by atoms with Crippen LogP contribution < -0.4 is 16.6 Å². The van der Waals surface area contributed by atoms with Crippen molar-refractivity contribution in [3.8, 4) is 0 Å². The molecule has 0 spiro atoms. The zero-order valence-electron chi connectivity index (χ0n) is 14.3. The number of amides is 1. The molecule has 4 N–H and O–H groups in total. The van der Waals surface area contributed by atoms with E-state index in [4.69, 9.17) is 5.84 Å². The Kier molecular flexibility index (Phi) is 6.36. The number of hydrogen-bond donors (Lipinski definition) is 3. The van der Waals surface area contributed by atoms with E-state index in [2.05, 4.69) is 31.0 Å². The summed E-state index contributed by atoms with van der Waals surface area (Å²) in [6.45, 7) is 0.478. The van der Waals surface area contributed by atoms with Crippen molar-refractivity contribution in [1.82, 2.24) is 25.2 Å². The van der Waals surface area contributed by atoms with Crippen molar-refractivity contribution in [3.63, 3.8) is 0 Å². The van der Waals surface area contributed by atoms with Gasteiger partial charge in [-0.15, -0.1) is 10.2 Å². The van der Waals surface area contributed by atoms with Gasteiger partial charge in [0, 0.05) is 24.5 Å². The molecule has 0 aliphatic carbocycles. The number of nitrogens with zero attached hydrogens (tertiary/aromatic N) is 5. The second kappa shape index (κ2) is 9.34. The predicted molar refractivity (Wildman–Crippen MR) is 105 cm³/mol. The Labute approximate surface area is 160 Å². The van der Waals surface area contributed by atoms with Gasteiger partial charge in [0.15, 0.2) is 0 Å². The van der Waals surface area contributed by atoms with Crippen LogP contribution in [-0.4, -0.2) is 37.7 Å². The lowest BCUT2D eigenvalue weighted by Gasteiger charge is -2.05. The Morgan fingerprint density at radius 3 is 2.85 bits per heavy atom. The largest absolute Gasteiger partial charge is 0.351 e. The summed E-state index contributed by atoms with van der Waals surface area (Å²) in [5.41, 5.74) is 4.58. The van der Waals surface area contributed by atoms with Gasteiger partial charge in [-0.3, -0.25) is 9.78 Å². The van der Waals surface area contributed by atoms with Crippen molar-refractivity contribution in [1.29, 1.82) is 0 Å². The van der Waals surface area contributed by atoms with E-state index in [-0.39, 0.29) is 17.6 Å². The maximum absolute atomic E-state index is 12.0. The Morgan fingerprint density at radius 2 is 2.07 bits per heavy atom. The third kappa shape index (κ3) is 5.54. The van der Waals surface area contributed by atoms with Crippen LogP contribution in [0.2, 0.25) is 0 Å². The topological polar surface area (TPSA) is 123 Å². The Hall–Kier alpha value is -3.40. The zero-order valence-corrected chi connectivity index (χ0v) is 15.1. The summed E-state index contributed by atoms with van der Waals surface area (Å²) in [6, 6.07) is 13.4. The quantitative estimate of drug-likeness (QED) is 0.232. The number of thioether (sulfide) groups is 1. The standard InChI is InChI=1S/C17H18N8OS/c18-25-16(22-21-11-14-7-4-8-19-9-14)23-24-17(25)27-12-15(26)20-10-13-5-2-1-3-6-13/h1-9,11H,10,12,18H2,(H,20,26)(H,22,23)/b21-11+. The number of hydrogen-bond acceptors (Lipinski definition) is 8. The van der Waals surface area contributed by atoms with Crippen molar-refractivity contribution in [2.45, 2.75) is 11.7 Å². The van der Waals surface area contributed by atoms with Crippen LogP contribution in [0.4, 0.5) is 5.95 Å². The second-order valence-electron chi connectivity index (χ2n) is 5.38. The summed E-state index contributed by atoms with van der Waals surface area (Å²) in [5.74, 6) is 6.26. The number of carbonyl (C=O) groups excluding carboxylic acids is 1.